The first kappa shape index (κ1) is 14.7. The molecule has 2 heterocycles. The van der Waals surface area contributed by atoms with E-state index in [9.17, 15) is 4.79 Å². The highest BCUT2D eigenvalue weighted by Gasteiger charge is 2.22. The second-order valence-electron chi connectivity index (χ2n) is 6.01. The minimum atomic E-state index is -0.133. The highest BCUT2D eigenvalue weighted by Crippen LogP contribution is 2.28. The van der Waals surface area contributed by atoms with Crippen LogP contribution in [0.3, 0.4) is 0 Å². The summed E-state index contributed by atoms with van der Waals surface area (Å²) < 4.78 is 7.02. The van der Waals surface area contributed by atoms with E-state index in [2.05, 4.69) is 15.3 Å². The average Bonchev–Trinajstić information content (AvgIpc) is 3.35. The fourth-order valence-electron chi connectivity index (χ4n) is 2.63. The predicted octanol–water partition coefficient (Wildman–Crippen LogP) is 2.54. The monoisotopic (exact) mass is 322 g/mol. The van der Waals surface area contributed by atoms with Crippen molar-refractivity contribution < 1.29 is 9.53 Å². The third-order valence-electron chi connectivity index (χ3n) is 4.22. The van der Waals surface area contributed by atoms with Crippen LogP contribution in [0.1, 0.15) is 23.3 Å². The third kappa shape index (κ3) is 2.82. The van der Waals surface area contributed by atoms with Crippen LogP contribution in [0.15, 0.2) is 42.9 Å². The lowest BCUT2D eigenvalue weighted by molar-refractivity contribution is 0.0947. The molecule has 1 aromatic carbocycles. The number of rotatable bonds is 5. The Bertz CT molecular complexity index is 882. The zero-order chi connectivity index (χ0) is 16.5. The van der Waals surface area contributed by atoms with Crippen molar-refractivity contribution in [1.29, 1.82) is 0 Å². The van der Waals surface area contributed by atoms with Crippen LogP contribution in [-0.4, -0.2) is 33.9 Å². The van der Waals surface area contributed by atoms with Gasteiger partial charge in [-0.3, -0.25) is 9.78 Å². The lowest BCUT2D eigenvalue weighted by Gasteiger charge is -2.04. The first-order valence-electron chi connectivity index (χ1n) is 8.01. The Labute approximate surface area is 139 Å². The molecule has 1 aliphatic rings. The molecule has 3 aromatic rings. The number of nitrogens with one attached hydrogen (secondary N) is 1. The standard InChI is InChI=1S/C18H18N4O2/c1-24-14-6-4-13(5-7-14)16-17-21-15(11-22(17)9-8-19-16)18(23)20-10-12-2-3-12/h4-9,11-12H,2-3,10H2,1H3,(H,20,23). The van der Waals surface area contributed by atoms with Gasteiger partial charge in [0.05, 0.1) is 7.11 Å². The van der Waals surface area contributed by atoms with Crippen LogP contribution >= 0.6 is 0 Å². The minimum Gasteiger partial charge on any atom is -0.497 e. The van der Waals surface area contributed by atoms with E-state index in [1.54, 1.807) is 25.7 Å². The number of carbonyl (C=O) groups excluding carboxylic acids is 1. The third-order valence-corrected chi connectivity index (χ3v) is 4.22. The number of fused-ring (bicyclic) bond motifs is 1. The maximum atomic E-state index is 12.3. The molecule has 6 heteroatoms. The number of nitrogens with zero attached hydrogens (tertiary/aromatic N) is 3. The van der Waals surface area contributed by atoms with Gasteiger partial charge < -0.3 is 14.5 Å². The number of methoxy groups -OCH3 is 1. The number of hydrogen-bond acceptors (Lipinski definition) is 4. The summed E-state index contributed by atoms with van der Waals surface area (Å²) in [6, 6.07) is 7.63. The quantitative estimate of drug-likeness (QED) is 0.784. The molecule has 1 fully saturated rings. The first-order chi connectivity index (χ1) is 11.7. The maximum Gasteiger partial charge on any atom is 0.271 e. The lowest BCUT2D eigenvalue weighted by atomic mass is 10.1. The van der Waals surface area contributed by atoms with Gasteiger partial charge in [-0.05, 0) is 43.0 Å². The summed E-state index contributed by atoms with van der Waals surface area (Å²) in [4.78, 5) is 21.2. The van der Waals surface area contributed by atoms with Gasteiger partial charge in [0.2, 0.25) is 0 Å². The molecule has 0 saturated heterocycles. The molecule has 0 bridgehead atoms. The minimum absolute atomic E-state index is 0.133. The van der Waals surface area contributed by atoms with Gasteiger partial charge in [0.1, 0.15) is 17.1 Å². The van der Waals surface area contributed by atoms with Crippen LogP contribution in [-0.2, 0) is 0 Å². The van der Waals surface area contributed by atoms with Gasteiger partial charge in [-0.15, -0.1) is 0 Å². The molecule has 6 nitrogen and oxygen atoms in total. The summed E-state index contributed by atoms with van der Waals surface area (Å²) in [5, 5.41) is 2.94. The van der Waals surface area contributed by atoms with E-state index >= 15 is 0 Å². The molecule has 1 N–H and O–H groups in total. The molecular weight excluding hydrogens is 304 g/mol. The van der Waals surface area contributed by atoms with E-state index < -0.39 is 0 Å². The van der Waals surface area contributed by atoms with Crippen molar-refractivity contribution >= 4 is 11.6 Å². The van der Waals surface area contributed by atoms with Crippen LogP contribution in [0.4, 0.5) is 0 Å². The normalized spacial score (nSPS) is 13.9. The van der Waals surface area contributed by atoms with Crippen LogP contribution in [0.2, 0.25) is 0 Å². The Kier molecular flexibility index (Phi) is 3.65. The van der Waals surface area contributed by atoms with Gasteiger partial charge in [-0.1, -0.05) is 0 Å². The molecule has 1 aliphatic carbocycles. The van der Waals surface area contributed by atoms with Crippen molar-refractivity contribution in [2.45, 2.75) is 12.8 Å². The lowest BCUT2D eigenvalue weighted by Crippen LogP contribution is -2.25. The van der Waals surface area contributed by atoms with Crippen molar-refractivity contribution in [3.63, 3.8) is 0 Å². The van der Waals surface area contributed by atoms with Crippen LogP contribution in [0.25, 0.3) is 16.9 Å². The topological polar surface area (TPSA) is 68.5 Å². The van der Waals surface area contributed by atoms with E-state index in [1.807, 2.05) is 28.7 Å². The summed E-state index contributed by atoms with van der Waals surface area (Å²) in [5.74, 6) is 1.29. The van der Waals surface area contributed by atoms with E-state index in [1.165, 1.54) is 12.8 Å². The summed E-state index contributed by atoms with van der Waals surface area (Å²) in [7, 11) is 1.63. The van der Waals surface area contributed by atoms with Crippen molar-refractivity contribution in [3.05, 3.63) is 48.5 Å². The number of ether oxygens (including phenoxy) is 1. The molecule has 0 radical (unpaired) electrons. The molecule has 1 amide bonds. The Morgan fingerprint density at radius 1 is 1.33 bits per heavy atom. The number of benzene rings is 1. The van der Waals surface area contributed by atoms with E-state index in [-0.39, 0.29) is 5.91 Å². The number of amides is 1. The predicted molar refractivity (Wildman–Crippen MR) is 90.0 cm³/mol. The largest absolute Gasteiger partial charge is 0.497 e. The van der Waals surface area contributed by atoms with Gasteiger partial charge in [0, 0.05) is 30.7 Å². The van der Waals surface area contributed by atoms with Gasteiger partial charge >= 0.3 is 0 Å². The average molecular weight is 322 g/mol. The molecule has 1 saturated carbocycles. The molecular formula is C18H18N4O2. The number of hydrogen-bond donors (Lipinski definition) is 1. The fourth-order valence-corrected chi connectivity index (χ4v) is 2.63. The van der Waals surface area contributed by atoms with Gasteiger partial charge in [-0.25, -0.2) is 4.98 Å². The smallest absolute Gasteiger partial charge is 0.271 e. The molecule has 0 aliphatic heterocycles. The summed E-state index contributed by atoms with van der Waals surface area (Å²) in [6.45, 7) is 0.732. The van der Waals surface area contributed by atoms with Crippen LogP contribution < -0.4 is 10.1 Å². The van der Waals surface area contributed by atoms with Crippen molar-refractivity contribution in [1.82, 2.24) is 19.7 Å². The Morgan fingerprint density at radius 2 is 2.12 bits per heavy atom. The van der Waals surface area contributed by atoms with Crippen LogP contribution in [0, 0.1) is 5.92 Å². The second kappa shape index (κ2) is 5.96. The van der Waals surface area contributed by atoms with E-state index in [0.29, 0.717) is 17.3 Å². The van der Waals surface area contributed by atoms with E-state index in [0.717, 1.165) is 23.6 Å². The van der Waals surface area contributed by atoms with Crippen LogP contribution in [0.5, 0.6) is 5.75 Å². The maximum absolute atomic E-state index is 12.3. The zero-order valence-corrected chi connectivity index (χ0v) is 13.4. The number of imidazole rings is 1. The molecule has 2 aromatic heterocycles. The molecule has 122 valence electrons. The highest BCUT2D eigenvalue weighted by atomic mass is 16.5. The fraction of sp³-hybridized carbons (Fsp3) is 0.278. The first-order valence-corrected chi connectivity index (χ1v) is 8.01. The number of carbonyl (C=O) groups is 1. The zero-order valence-electron chi connectivity index (χ0n) is 13.4. The van der Waals surface area contributed by atoms with Crippen molar-refractivity contribution in [3.8, 4) is 17.0 Å². The van der Waals surface area contributed by atoms with Crippen molar-refractivity contribution in [2.24, 2.45) is 5.92 Å². The van der Waals surface area contributed by atoms with Crippen molar-refractivity contribution in [2.75, 3.05) is 13.7 Å². The Balaban J connectivity index is 1.66. The summed E-state index contributed by atoms with van der Waals surface area (Å²) in [6.07, 6.45) is 7.66. The molecule has 24 heavy (non-hydrogen) atoms. The summed E-state index contributed by atoms with van der Waals surface area (Å²) in [5.41, 5.74) is 2.75. The molecule has 0 unspecified atom stereocenters. The second-order valence-corrected chi connectivity index (χ2v) is 6.01. The van der Waals surface area contributed by atoms with E-state index in [4.69, 9.17) is 4.74 Å². The molecule has 0 atom stereocenters. The Morgan fingerprint density at radius 3 is 2.83 bits per heavy atom. The Hall–Kier alpha value is -2.89. The summed E-state index contributed by atoms with van der Waals surface area (Å²) >= 11 is 0. The molecule has 0 spiro atoms. The van der Waals surface area contributed by atoms with Gasteiger partial charge in [-0.2, -0.15) is 0 Å². The van der Waals surface area contributed by atoms with Gasteiger partial charge in [0.25, 0.3) is 5.91 Å². The highest BCUT2D eigenvalue weighted by molar-refractivity contribution is 5.93. The SMILES string of the molecule is COc1ccc(-c2nccn3cc(C(=O)NCC4CC4)nc23)cc1. The molecule has 4 rings (SSSR count). The van der Waals surface area contributed by atoms with Gasteiger partial charge in [0.15, 0.2) is 5.65 Å². The number of aromatic nitrogens is 3.